The van der Waals surface area contributed by atoms with Crippen molar-refractivity contribution in [2.75, 3.05) is 0 Å². The molecule has 0 fully saturated rings. The number of hydrogen-bond donors (Lipinski definition) is 2. The Balaban J connectivity index is 2.36. The van der Waals surface area contributed by atoms with E-state index in [1.807, 2.05) is 17.7 Å². The van der Waals surface area contributed by atoms with Crippen molar-refractivity contribution in [2.45, 2.75) is 32.5 Å². The van der Waals surface area contributed by atoms with Crippen molar-refractivity contribution < 1.29 is 4.79 Å². The van der Waals surface area contributed by atoms with Gasteiger partial charge in [0.05, 0.1) is 12.4 Å². The Labute approximate surface area is 83.3 Å². The van der Waals surface area contributed by atoms with Gasteiger partial charge in [-0.3, -0.25) is 4.79 Å². The van der Waals surface area contributed by atoms with Crippen LogP contribution in [0.15, 0.2) is 18.7 Å². The van der Waals surface area contributed by atoms with Gasteiger partial charge in [0, 0.05) is 25.0 Å². The van der Waals surface area contributed by atoms with Gasteiger partial charge in [0.1, 0.15) is 0 Å². The van der Waals surface area contributed by atoms with E-state index in [0.29, 0.717) is 6.54 Å². The lowest BCUT2D eigenvalue weighted by molar-refractivity contribution is -0.122. The van der Waals surface area contributed by atoms with E-state index < -0.39 is 6.04 Å². The Kier molecular flexibility index (Phi) is 3.64. The van der Waals surface area contributed by atoms with Gasteiger partial charge in [-0.15, -0.1) is 0 Å². The predicted octanol–water partition coefficient (Wildman–Crippen LogP) is -0.265. The first kappa shape index (κ1) is 10.7. The summed E-state index contributed by atoms with van der Waals surface area (Å²) in [6, 6.07) is -0.400. The number of imidazole rings is 1. The molecule has 1 amide bonds. The number of rotatable bonds is 4. The van der Waals surface area contributed by atoms with Crippen LogP contribution in [-0.2, 0) is 11.3 Å². The minimum Gasteiger partial charge on any atom is -0.351 e. The topological polar surface area (TPSA) is 72.9 Å². The van der Waals surface area contributed by atoms with Crippen molar-refractivity contribution in [1.29, 1.82) is 0 Å². The number of amides is 1. The van der Waals surface area contributed by atoms with Gasteiger partial charge in [-0.05, 0) is 13.8 Å². The Hall–Kier alpha value is -1.36. The van der Waals surface area contributed by atoms with E-state index in [2.05, 4.69) is 10.3 Å². The van der Waals surface area contributed by atoms with E-state index in [-0.39, 0.29) is 11.9 Å². The average Bonchev–Trinajstić information content (AvgIpc) is 2.56. The van der Waals surface area contributed by atoms with Crippen molar-refractivity contribution in [3.8, 4) is 0 Å². The average molecular weight is 196 g/mol. The third-order valence-electron chi connectivity index (χ3n) is 1.85. The van der Waals surface area contributed by atoms with E-state index >= 15 is 0 Å². The first-order chi connectivity index (χ1) is 6.59. The number of carbonyl (C=O) groups excluding carboxylic acids is 1. The molecule has 1 heterocycles. The van der Waals surface area contributed by atoms with Gasteiger partial charge in [0.15, 0.2) is 0 Å². The lowest BCUT2D eigenvalue weighted by atomic mass is 10.3. The highest BCUT2D eigenvalue weighted by Gasteiger charge is 2.10. The van der Waals surface area contributed by atoms with E-state index in [1.165, 1.54) is 0 Å². The Morgan fingerprint density at radius 3 is 2.86 bits per heavy atom. The van der Waals surface area contributed by atoms with Crippen molar-refractivity contribution >= 4 is 5.91 Å². The quantitative estimate of drug-likeness (QED) is 0.696. The van der Waals surface area contributed by atoms with Crippen LogP contribution >= 0.6 is 0 Å². The molecule has 1 aromatic heterocycles. The zero-order chi connectivity index (χ0) is 10.6. The number of nitrogens with two attached hydrogens (primary N) is 1. The highest BCUT2D eigenvalue weighted by Crippen LogP contribution is 1.91. The molecule has 5 heteroatoms. The number of carbonyl (C=O) groups is 1. The number of aromatic nitrogens is 2. The molecule has 0 bridgehead atoms. The largest absolute Gasteiger partial charge is 0.351 e. The van der Waals surface area contributed by atoms with Crippen LogP contribution in [0.1, 0.15) is 13.8 Å². The van der Waals surface area contributed by atoms with Crippen molar-refractivity contribution in [1.82, 2.24) is 14.9 Å². The van der Waals surface area contributed by atoms with Crippen LogP contribution in [0.25, 0.3) is 0 Å². The van der Waals surface area contributed by atoms with Crippen molar-refractivity contribution in [3.05, 3.63) is 18.7 Å². The van der Waals surface area contributed by atoms with E-state index in [0.717, 1.165) is 0 Å². The summed E-state index contributed by atoms with van der Waals surface area (Å²) in [5.41, 5.74) is 5.43. The lowest BCUT2D eigenvalue weighted by Gasteiger charge is -2.15. The summed E-state index contributed by atoms with van der Waals surface area (Å²) < 4.78 is 1.91. The fraction of sp³-hybridized carbons (Fsp3) is 0.556. The van der Waals surface area contributed by atoms with Crippen LogP contribution < -0.4 is 11.1 Å². The molecular weight excluding hydrogens is 180 g/mol. The minimum absolute atomic E-state index is 0.0581. The third kappa shape index (κ3) is 3.18. The maximum absolute atomic E-state index is 11.2. The molecule has 14 heavy (non-hydrogen) atoms. The summed E-state index contributed by atoms with van der Waals surface area (Å²) in [6.07, 6.45) is 5.28. The zero-order valence-electron chi connectivity index (χ0n) is 8.47. The Morgan fingerprint density at radius 2 is 2.36 bits per heavy atom. The van der Waals surface area contributed by atoms with E-state index in [9.17, 15) is 4.79 Å². The SMILES string of the molecule is CC(Cn1ccnc1)NC(=O)[C@@H](C)N. The van der Waals surface area contributed by atoms with Gasteiger partial charge >= 0.3 is 0 Å². The molecule has 78 valence electrons. The first-order valence-electron chi connectivity index (χ1n) is 4.61. The summed E-state index contributed by atoms with van der Waals surface area (Å²) in [5.74, 6) is -0.127. The van der Waals surface area contributed by atoms with Gasteiger partial charge in [-0.1, -0.05) is 0 Å². The minimum atomic E-state index is -0.458. The summed E-state index contributed by atoms with van der Waals surface area (Å²) in [6.45, 7) is 4.30. The van der Waals surface area contributed by atoms with Gasteiger partial charge in [-0.2, -0.15) is 0 Å². The van der Waals surface area contributed by atoms with Gasteiger partial charge < -0.3 is 15.6 Å². The summed E-state index contributed by atoms with van der Waals surface area (Å²) >= 11 is 0. The van der Waals surface area contributed by atoms with Crippen LogP contribution in [0, 0.1) is 0 Å². The zero-order valence-corrected chi connectivity index (χ0v) is 8.47. The molecule has 2 atom stereocenters. The molecule has 0 saturated carbocycles. The molecule has 0 aliphatic rings. The van der Waals surface area contributed by atoms with E-state index in [4.69, 9.17) is 5.73 Å². The molecule has 0 aliphatic heterocycles. The second-order valence-electron chi connectivity index (χ2n) is 3.46. The predicted molar refractivity (Wildman–Crippen MR) is 53.5 cm³/mol. The van der Waals surface area contributed by atoms with Crippen molar-refractivity contribution in [3.63, 3.8) is 0 Å². The smallest absolute Gasteiger partial charge is 0.236 e. The molecule has 0 aromatic carbocycles. The molecule has 5 nitrogen and oxygen atoms in total. The molecule has 3 N–H and O–H groups in total. The summed E-state index contributed by atoms with van der Waals surface area (Å²) in [7, 11) is 0. The maximum atomic E-state index is 11.2. The monoisotopic (exact) mass is 196 g/mol. The second-order valence-corrected chi connectivity index (χ2v) is 3.46. The summed E-state index contributed by atoms with van der Waals surface area (Å²) in [4.78, 5) is 15.1. The normalized spacial score (nSPS) is 14.8. The highest BCUT2D eigenvalue weighted by atomic mass is 16.2. The third-order valence-corrected chi connectivity index (χ3v) is 1.85. The van der Waals surface area contributed by atoms with Gasteiger partial charge in [0.2, 0.25) is 5.91 Å². The standard InChI is InChI=1S/C9H16N4O/c1-7(12-9(14)8(2)10)5-13-4-3-11-6-13/h3-4,6-8H,5,10H2,1-2H3,(H,12,14)/t7?,8-/m1/s1. The lowest BCUT2D eigenvalue weighted by Crippen LogP contribution is -2.44. The highest BCUT2D eigenvalue weighted by molar-refractivity contribution is 5.81. The maximum Gasteiger partial charge on any atom is 0.236 e. The molecule has 0 saturated heterocycles. The fourth-order valence-electron chi connectivity index (χ4n) is 1.13. The van der Waals surface area contributed by atoms with Gasteiger partial charge in [0.25, 0.3) is 0 Å². The molecule has 0 aliphatic carbocycles. The number of hydrogen-bond acceptors (Lipinski definition) is 3. The molecule has 1 aromatic rings. The molecule has 0 spiro atoms. The molecule has 0 radical (unpaired) electrons. The van der Waals surface area contributed by atoms with Crippen LogP contribution in [-0.4, -0.2) is 27.5 Å². The van der Waals surface area contributed by atoms with E-state index in [1.54, 1.807) is 19.4 Å². The molecule has 1 unspecified atom stereocenters. The van der Waals surface area contributed by atoms with Crippen LogP contribution in [0.4, 0.5) is 0 Å². The number of nitrogens with zero attached hydrogens (tertiary/aromatic N) is 2. The van der Waals surface area contributed by atoms with Crippen molar-refractivity contribution in [2.24, 2.45) is 5.73 Å². The van der Waals surface area contributed by atoms with Gasteiger partial charge in [-0.25, -0.2) is 4.98 Å². The fourth-order valence-corrected chi connectivity index (χ4v) is 1.13. The van der Waals surface area contributed by atoms with Crippen LogP contribution in [0.2, 0.25) is 0 Å². The summed E-state index contributed by atoms with van der Waals surface area (Å²) in [5, 5.41) is 2.81. The Morgan fingerprint density at radius 1 is 1.64 bits per heavy atom. The number of nitrogens with one attached hydrogen (secondary N) is 1. The Bertz CT molecular complexity index is 281. The molecule has 1 rings (SSSR count). The second kappa shape index (κ2) is 4.76. The molecular formula is C9H16N4O. The van der Waals surface area contributed by atoms with Crippen LogP contribution in [0.3, 0.4) is 0 Å². The first-order valence-corrected chi connectivity index (χ1v) is 4.61. The van der Waals surface area contributed by atoms with Crippen LogP contribution in [0.5, 0.6) is 0 Å².